The molecule has 0 N–H and O–H groups in total. The first-order chi connectivity index (χ1) is 5.20. The van der Waals surface area contributed by atoms with E-state index in [4.69, 9.17) is 4.74 Å². The van der Waals surface area contributed by atoms with Gasteiger partial charge in [0.25, 0.3) is 0 Å². The Morgan fingerprint density at radius 3 is 2.46 bits per heavy atom. The van der Waals surface area contributed by atoms with Crippen LogP contribution in [0, 0.1) is 0 Å². The smallest absolute Gasteiger partial charge is 0.147 e. The predicted molar refractivity (Wildman–Crippen MR) is 56.4 cm³/mol. The first-order valence-electron chi connectivity index (χ1n) is 3.92. The molecule has 1 aliphatic carbocycles. The summed E-state index contributed by atoms with van der Waals surface area (Å²) in [4.78, 5) is 0. The summed E-state index contributed by atoms with van der Waals surface area (Å²) in [7, 11) is 0. The van der Waals surface area contributed by atoms with Gasteiger partial charge in [-0.05, 0) is 0 Å². The van der Waals surface area contributed by atoms with Crippen molar-refractivity contribution in [3.63, 3.8) is 0 Å². The Balaban J connectivity index is 0. The zero-order chi connectivity index (χ0) is 8.27. The number of allylic oxidation sites excluding steroid dienone is 2. The molecule has 0 heterocycles. The molecule has 0 aromatic carbocycles. The third kappa shape index (κ3) is 5.93. The fourth-order valence-corrected chi connectivity index (χ4v) is 1.37. The van der Waals surface area contributed by atoms with Gasteiger partial charge in [-0.25, -0.2) is 0 Å². The maximum Gasteiger partial charge on any atom is -0.147 e. The molecule has 0 aliphatic heterocycles. The summed E-state index contributed by atoms with van der Waals surface area (Å²) >= 11 is 2.17. The van der Waals surface area contributed by atoms with Crippen molar-refractivity contribution in [3.05, 3.63) is 21.6 Å². The molecular weight excluding hydrogens is 243 g/mol. The van der Waals surface area contributed by atoms with E-state index in [0.29, 0.717) is 6.10 Å². The fraction of sp³-hybridized carbons (Fsp3) is 0.556. The molecule has 75 valence electrons. The second-order valence-corrected chi connectivity index (χ2v) is 3.91. The monoisotopic (exact) mass is 257 g/mol. The Kier molecular flexibility index (Phi) is 10.0. The van der Waals surface area contributed by atoms with Crippen LogP contribution in [0.25, 0.3) is 0 Å². The molecule has 0 amide bonds. The van der Waals surface area contributed by atoms with Gasteiger partial charge in [-0.15, -0.1) is 24.8 Å². The molecule has 0 spiro atoms. The first kappa shape index (κ1) is 16.2. The summed E-state index contributed by atoms with van der Waals surface area (Å²) in [5.74, 6) is 0. The SMILES string of the molecule is CC(C)OCC1=[C]([Ti])CC=C1.Cl.Cl. The normalized spacial score (nSPS) is 14.3. The van der Waals surface area contributed by atoms with E-state index in [1.807, 2.05) is 0 Å². The maximum absolute atomic E-state index is 5.49. The van der Waals surface area contributed by atoms with Gasteiger partial charge in [0.1, 0.15) is 0 Å². The van der Waals surface area contributed by atoms with Gasteiger partial charge in [-0.1, -0.05) is 0 Å². The molecule has 1 nitrogen and oxygen atoms in total. The minimum atomic E-state index is 0. The average Bonchev–Trinajstić information content (AvgIpc) is 2.31. The molecule has 0 radical (unpaired) electrons. The van der Waals surface area contributed by atoms with E-state index in [2.05, 4.69) is 46.4 Å². The first-order valence-corrected chi connectivity index (χ1v) is 4.70. The van der Waals surface area contributed by atoms with Gasteiger partial charge >= 0.3 is 79.8 Å². The van der Waals surface area contributed by atoms with Crippen LogP contribution in [0.5, 0.6) is 0 Å². The van der Waals surface area contributed by atoms with Gasteiger partial charge in [0, 0.05) is 0 Å². The van der Waals surface area contributed by atoms with Crippen molar-refractivity contribution in [2.75, 3.05) is 6.61 Å². The molecule has 0 aromatic rings. The van der Waals surface area contributed by atoms with Crippen molar-refractivity contribution in [2.45, 2.75) is 26.4 Å². The molecule has 0 bridgehead atoms. The number of rotatable bonds is 3. The van der Waals surface area contributed by atoms with Crippen LogP contribution in [-0.4, -0.2) is 12.7 Å². The third-order valence-corrected chi connectivity index (χ3v) is 2.42. The Morgan fingerprint density at radius 2 is 2.08 bits per heavy atom. The second-order valence-electron chi connectivity index (χ2n) is 2.97. The van der Waals surface area contributed by atoms with Crippen molar-refractivity contribution < 1.29 is 25.2 Å². The van der Waals surface area contributed by atoms with Crippen LogP contribution in [0.3, 0.4) is 0 Å². The summed E-state index contributed by atoms with van der Waals surface area (Å²) in [5.41, 5.74) is 1.36. The topological polar surface area (TPSA) is 9.23 Å². The van der Waals surface area contributed by atoms with E-state index in [9.17, 15) is 0 Å². The Morgan fingerprint density at radius 1 is 1.46 bits per heavy atom. The van der Waals surface area contributed by atoms with Crippen LogP contribution < -0.4 is 0 Å². The van der Waals surface area contributed by atoms with E-state index in [1.165, 1.54) is 9.45 Å². The molecule has 0 unspecified atom stereocenters. The quantitative estimate of drug-likeness (QED) is 0.707. The van der Waals surface area contributed by atoms with Crippen LogP contribution in [0.4, 0.5) is 0 Å². The summed E-state index contributed by atoms with van der Waals surface area (Å²) in [6.07, 6.45) is 5.80. The molecule has 1 aliphatic rings. The largest absolute Gasteiger partial charge is 0.147 e. The van der Waals surface area contributed by atoms with Crippen LogP contribution in [0.2, 0.25) is 0 Å². The van der Waals surface area contributed by atoms with E-state index >= 15 is 0 Å². The number of halogens is 2. The van der Waals surface area contributed by atoms with Crippen molar-refractivity contribution in [2.24, 2.45) is 0 Å². The number of hydrogen-bond acceptors (Lipinski definition) is 1. The summed E-state index contributed by atoms with van der Waals surface area (Å²) in [5, 5.41) is 0. The molecule has 4 heteroatoms. The molecule has 13 heavy (non-hydrogen) atoms. The van der Waals surface area contributed by atoms with Crippen molar-refractivity contribution in [1.82, 2.24) is 0 Å². The third-order valence-electron chi connectivity index (χ3n) is 1.60. The van der Waals surface area contributed by atoms with Crippen molar-refractivity contribution in [3.8, 4) is 0 Å². The Labute approximate surface area is 104 Å². The minimum Gasteiger partial charge on any atom is -0.147 e. The molecule has 0 fully saturated rings. The molecule has 0 saturated carbocycles. The van der Waals surface area contributed by atoms with Gasteiger partial charge < -0.3 is 0 Å². The summed E-state index contributed by atoms with van der Waals surface area (Å²) in [6.45, 7) is 4.91. The Bertz CT molecular complexity index is 200. The van der Waals surface area contributed by atoms with Gasteiger partial charge in [0.2, 0.25) is 0 Å². The summed E-state index contributed by atoms with van der Waals surface area (Å²) < 4.78 is 6.94. The van der Waals surface area contributed by atoms with Crippen LogP contribution >= 0.6 is 24.8 Å². The molecule has 0 aromatic heterocycles. The fourth-order valence-electron chi connectivity index (χ4n) is 0.942. The van der Waals surface area contributed by atoms with E-state index in [1.54, 1.807) is 0 Å². The zero-order valence-electron chi connectivity index (χ0n) is 7.87. The number of ether oxygens (including phenoxy) is 1. The predicted octanol–water partition coefficient (Wildman–Crippen LogP) is 3.02. The molecule has 0 saturated heterocycles. The molecule has 0 atom stereocenters. The van der Waals surface area contributed by atoms with Gasteiger partial charge in [-0.3, -0.25) is 0 Å². The standard InChI is InChI=1S/C9H13O.2ClH.Ti/c1-8(2)10-7-9-5-3-4-6-9;;;/h3,5,8H,4,7H2,1-2H3;2*1H;. The molecular formula is C9H15Cl2OTi. The molecule has 1 rings (SSSR count). The second kappa shape index (κ2) is 8.08. The van der Waals surface area contributed by atoms with Gasteiger partial charge in [0.05, 0.1) is 0 Å². The Hall–Kier alpha value is 0.734. The van der Waals surface area contributed by atoms with Crippen molar-refractivity contribution >= 4 is 24.8 Å². The van der Waals surface area contributed by atoms with Crippen LogP contribution in [-0.2, 0) is 25.2 Å². The van der Waals surface area contributed by atoms with Gasteiger partial charge in [-0.2, -0.15) is 0 Å². The van der Waals surface area contributed by atoms with Gasteiger partial charge in [0.15, 0.2) is 0 Å². The maximum atomic E-state index is 5.49. The minimum absolute atomic E-state index is 0. The van der Waals surface area contributed by atoms with Crippen LogP contribution in [0.1, 0.15) is 20.3 Å². The zero-order valence-corrected chi connectivity index (χ0v) is 11.1. The van der Waals surface area contributed by atoms with E-state index in [0.717, 1.165) is 13.0 Å². The van der Waals surface area contributed by atoms with Crippen LogP contribution in [0.15, 0.2) is 21.6 Å². The average molecular weight is 258 g/mol. The van der Waals surface area contributed by atoms with E-state index in [-0.39, 0.29) is 24.8 Å². The van der Waals surface area contributed by atoms with Crippen molar-refractivity contribution in [1.29, 1.82) is 0 Å². The summed E-state index contributed by atoms with van der Waals surface area (Å²) in [6, 6.07) is 0. The van der Waals surface area contributed by atoms with E-state index < -0.39 is 0 Å². The number of hydrogen-bond donors (Lipinski definition) is 0.